The van der Waals surface area contributed by atoms with Gasteiger partial charge in [0, 0.05) is 26.7 Å². The van der Waals surface area contributed by atoms with Gasteiger partial charge in [0.1, 0.15) is 0 Å². The minimum Gasteiger partial charge on any atom is -0.379 e. The normalized spacial score (nSPS) is 18.3. The summed E-state index contributed by atoms with van der Waals surface area (Å²) in [5.41, 5.74) is 0. The summed E-state index contributed by atoms with van der Waals surface area (Å²) < 4.78 is 5.26. The third-order valence-electron chi connectivity index (χ3n) is 2.03. The van der Waals surface area contributed by atoms with Crippen LogP contribution in [-0.4, -0.2) is 55.0 Å². The molecule has 1 heterocycles. The molecule has 0 spiro atoms. The molecule has 1 fully saturated rings. The third kappa shape index (κ3) is 3.10. The zero-order valence-electron chi connectivity index (χ0n) is 8.25. The lowest BCUT2D eigenvalue weighted by Gasteiger charge is -2.36. The maximum absolute atomic E-state index is 5.26. The van der Waals surface area contributed by atoms with Crippen molar-refractivity contribution in [3.8, 4) is 0 Å². The summed E-state index contributed by atoms with van der Waals surface area (Å²) in [6.07, 6.45) is 0. The molecule has 5 heteroatoms. The van der Waals surface area contributed by atoms with Crippen molar-refractivity contribution in [1.82, 2.24) is 15.3 Å². The van der Waals surface area contributed by atoms with Crippen molar-refractivity contribution in [3.63, 3.8) is 0 Å². The highest BCUT2D eigenvalue weighted by Crippen LogP contribution is 2.00. The standard InChI is InChI=1S/C8H17N3OS/c1-3-9-8(13)10(2)11-4-6-12-7-5-11/h3-7H2,1-2H3,(H,9,13). The van der Waals surface area contributed by atoms with Crippen molar-refractivity contribution in [2.75, 3.05) is 39.9 Å². The molecule has 4 nitrogen and oxygen atoms in total. The van der Waals surface area contributed by atoms with E-state index in [0.29, 0.717) is 0 Å². The van der Waals surface area contributed by atoms with E-state index in [1.54, 1.807) is 0 Å². The second-order valence-corrected chi connectivity index (χ2v) is 3.31. The van der Waals surface area contributed by atoms with Crippen LogP contribution in [0.4, 0.5) is 0 Å². The Labute approximate surface area is 84.8 Å². The quantitative estimate of drug-likeness (QED) is 0.641. The summed E-state index contributed by atoms with van der Waals surface area (Å²) in [5.74, 6) is 0. The SMILES string of the molecule is CCNC(=S)N(C)N1CCOCC1. The molecule has 1 N–H and O–H groups in total. The number of thiocarbonyl (C=S) groups is 1. The molecule has 0 radical (unpaired) electrons. The lowest BCUT2D eigenvalue weighted by molar-refractivity contribution is -0.0388. The highest BCUT2D eigenvalue weighted by Gasteiger charge is 2.16. The Morgan fingerprint density at radius 2 is 2.15 bits per heavy atom. The first-order valence-electron chi connectivity index (χ1n) is 4.60. The van der Waals surface area contributed by atoms with Crippen LogP contribution in [0.2, 0.25) is 0 Å². The number of nitrogens with one attached hydrogen (secondary N) is 1. The first-order chi connectivity index (χ1) is 6.25. The number of hydrazine groups is 1. The molecule has 0 unspecified atom stereocenters. The molecule has 0 aromatic carbocycles. The first kappa shape index (κ1) is 10.7. The van der Waals surface area contributed by atoms with Gasteiger partial charge in [-0.3, -0.25) is 5.01 Å². The molecule has 1 aliphatic heterocycles. The second-order valence-electron chi connectivity index (χ2n) is 2.93. The molecule has 76 valence electrons. The van der Waals surface area contributed by atoms with Crippen LogP contribution in [0.1, 0.15) is 6.92 Å². The van der Waals surface area contributed by atoms with Crippen LogP contribution in [0.15, 0.2) is 0 Å². The molecule has 1 saturated heterocycles. The van der Waals surface area contributed by atoms with Gasteiger partial charge in [0.05, 0.1) is 13.2 Å². The number of rotatable bonds is 2. The largest absolute Gasteiger partial charge is 0.379 e. The second kappa shape index (κ2) is 5.36. The smallest absolute Gasteiger partial charge is 0.183 e. The van der Waals surface area contributed by atoms with Crippen LogP contribution in [-0.2, 0) is 4.74 Å². The zero-order valence-corrected chi connectivity index (χ0v) is 9.06. The lowest BCUT2D eigenvalue weighted by atomic mass is 10.5. The molecule has 0 saturated carbocycles. The fourth-order valence-corrected chi connectivity index (χ4v) is 1.51. The number of hydrogen-bond acceptors (Lipinski definition) is 3. The van der Waals surface area contributed by atoms with Gasteiger partial charge in [-0.2, -0.15) is 0 Å². The van der Waals surface area contributed by atoms with Gasteiger partial charge >= 0.3 is 0 Å². The molecule has 0 aromatic heterocycles. The van der Waals surface area contributed by atoms with Gasteiger partial charge in [-0.05, 0) is 19.1 Å². The summed E-state index contributed by atoms with van der Waals surface area (Å²) in [6, 6.07) is 0. The van der Waals surface area contributed by atoms with E-state index in [-0.39, 0.29) is 0 Å². The van der Waals surface area contributed by atoms with Crippen molar-refractivity contribution < 1.29 is 4.74 Å². The highest BCUT2D eigenvalue weighted by atomic mass is 32.1. The first-order valence-corrected chi connectivity index (χ1v) is 5.00. The summed E-state index contributed by atoms with van der Waals surface area (Å²) in [6.45, 7) is 6.33. The lowest BCUT2D eigenvalue weighted by Crippen LogP contribution is -2.52. The summed E-state index contributed by atoms with van der Waals surface area (Å²) in [5, 5.41) is 8.08. The molecule has 13 heavy (non-hydrogen) atoms. The molecule has 1 aliphatic rings. The number of ether oxygens (including phenoxy) is 1. The van der Waals surface area contributed by atoms with Gasteiger partial charge in [0.25, 0.3) is 0 Å². The maximum Gasteiger partial charge on any atom is 0.183 e. The predicted octanol–water partition coefficient (Wildman–Crippen LogP) is 0.0598. The molecule has 1 rings (SSSR count). The maximum atomic E-state index is 5.26. The van der Waals surface area contributed by atoms with Gasteiger partial charge in [-0.1, -0.05) is 0 Å². The molecule has 0 aliphatic carbocycles. The average molecular weight is 203 g/mol. The van der Waals surface area contributed by atoms with Crippen LogP contribution in [0.25, 0.3) is 0 Å². The Morgan fingerprint density at radius 3 is 2.69 bits per heavy atom. The van der Waals surface area contributed by atoms with E-state index >= 15 is 0 Å². The van der Waals surface area contributed by atoms with Crippen molar-refractivity contribution in [2.45, 2.75) is 6.92 Å². The van der Waals surface area contributed by atoms with Crippen molar-refractivity contribution in [2.24, 2.45) is 0 Å². The van der Waals surface area contributed by atoms with Gasteiger partial charge in [0.15, 0.2) is 5.11 Å². The summed E-state index contributed by atoms with van der Waals surface area (Å²) >= 11 is 5.19. The van der Waals surface area contributed by atoms with E-state index in [0.717, 1.165) is 38.0 Å². The van der Waals surface area contributed by atoms with Crippen molar-refractivity contribution in [1.29, 1.82) is 0 Å². The topological polar surface area (TPSA) is 27.7 Å². The highest BCUT2D eigenvalue weighted by molar-refractivity contribution is 7.80. The van der Waals surface area contributed by atoms with Gasteiger partial charge < -0.3 is 10.1 Å². The molecular formula is C8H17N3OS. The Bertz CT molecular complexity index is 171. The van der Waals surface area contributed by atoms with Gasteiger partial charge in [0.2, 0.25) is 0 Å². The summed E-state index contributed by atoms with van der Waals surface area (Å²) in [7, 11) is 1.98. The third-order valence-corrected chi connectivity index (χ3v) is 2.44. The monoisotopic (exact) mass is 203 g/mol. The Morgan fingerprint density at radius 1 is 1.54 bits per heavy atom. The Hall–Kier alpha value is -0.390. The van der Waals surface area contributed by atoms with Gasteiger partial charge in [-0.15, -0.1) is 0 Å². The van der Waals surface area contributed by atoms with E-state index in [4.69, 9.17) is 17.0 Å². The minimum atomic E-state index is 0.782. The minimum absolute atomic E-state index is 0.782. The molecule has 0 bridgehead atoms. The molecule has 0 atom stereocenters. The van der Waals surface area contributed by atoms with E-state index in [2.05, 4.69) is 10.3 Å². The van der Waals surface area contributed by atoms with E-state index in [9.17, 15) is 0 Å². The van der Waals surface area contributed by atoms with Crippen molar-refractivity contribution >= 4 is 17.3 Å². The predicted molar refractivity (Wildman–Crippen MR) is 56.4 cm³/mol. The summed E-state index contributed by atoms with van der Waals surface area (Å²) in [4.78, 5) is 0. The zero-order chi connectivity index (χ0) is 9.68. The van der Waals surface area contributed by atoms with E-state index in [1.807, 2.05) is 19.0 Å². The molecular weight excluding hydrogens is 186 g/mol. The van der Waals surface area contributed by atoms with E-state index < -0.39 is 0 Å². The number of morpholine rings is 1. The molecule has 0 aromatic rings. The molecule has 0 amide bonds. The number of hydrogen-bond donors (Lipinski definition) is 1. The van der Waals surface area contributed by atoms with Gasteiger partial charge in [-0.25, -0.2) is 5.01 Å². The fourth-order valence-electron chi connectivity index (χ4n) is 1.25. The van der Waals surface area contributed by atoms with Crippen LogP contribution < -0.4 is 5.32 Å². The van der Waals surface area contributed by atoms with E-state index in [1.165, 1.54) is 0 Å². The Balaban J connectivity index is 2.35. The number of nitrogens with zero attached hydrogens (tertiary/aromatic N) is 2. The van der Waals surface area contributed by atoms with Crippen LogP contribution in [0.3, 0.4) is 0 Å². The fraction of sp³-hybridized carbons (Fsp3) is 0.875. The van der Waals surface area contributed by atoms with Crippen LogP contribution >= 0.6 is 12.2 Å². The average Bonchev–Trinajstić information content (AvgIpc) is 2.18. The van der Waals surface area contributed by atoms with Crippen molar-refractivity contribution in [3.05, 3.63) is 0 Å². The van der Waals surface area contributed by atoms with Crippen LogP contribution in [0, 0.1) is 0 Å². The Kier molecular flexibility index (Phi) is 4.41. The van der Waals surface area contributed by atoms with Crippen LogP contribution in [0.5, 0.6) is 0 Å².